The number of amides is 3. The number of rotatable bonds is 4. The maximum atomic E-state index is 14.2. The Balaban J connectivity index is 2.10. The molecule has 1 fully saturated rings. The van der Waals surface area contributed by atoms with Crippen molar-refractivity contribution in [2.75, 3.05) is 38.0 Å². The maximum absolute atomic E-state index is 14.2. The van der Waals surface area contributed by atoms with Crippen molar-refractivity contribution in [2.24, 2.45) is 5.92 Å². The van der Waals surface area contributed by atoms with Crippen LogP contribution in [0.1, 0.15) is 24.2 Å². The van der Waals surface area contributed by atoms with E-state index in [1.807, 2.05) is 13.8 Å². The lowest BCUT2D eigenvalue weighted by Crippen LogP contribution is -2.46. The van der Waals surface area contributed by atoms with E-state index in [9.17, 15) is 18.4 Å². The first kappa shape index (κ1) is 18.1. The summed E-state index contributed by atoms with van der Waals surface area (Å²) in [6.07, 6.45) is 0. The second-order valence-electron chi connectivity index (χ2n) is 6.06. The second-order valence-corrected chi connectivity index (χ2v) is 6.06. The number of nitrogens with zero attached hydrogens (tertiary/aromatic N) is 1. The normalized spacial score (nSPS) is 14.6. The Kier molecular flexibility index (Phi) is 6.08. The molecule has 0 bridgehead atoms. The predicted octanol–water partition coefficient (Wildman–Crippen LogP) is 1.79. The van der Waals surface area contributed by atoms with Crippen LogP contribution in [0.3, 0.4) is 0 Å². The third-order valence-corrected chi connectivity index (χ3v) is 3.64. The summed E-state index contributed by atoms with van der Waals surface area (Å²) in [6.45, 7) is 6.36. The summed E-state index contributed by atoms with van der Waals surface area (Å²) < 4.78 is 28.4. The van der Waals surface area contributed by atoms with Crippen LogP contribution in [0, 0.1) is 17.6 Å². The zero-order valence-electron chi connectivity index (χ0n) is 13.8. The van der Waals surface area contributed by atoms with E-state index in [4.69, 9.17) is 0 Å². The summed E-state index contributed by atoms with van der Waals surface area (Å²) in [5, 5.41) is 7.88. The van der Waals surface area contributed by atoms with Crippen LogP contribution in [0.25, 0.3) is 0 Å². The molecular weight excluding hydrogens is 318 g/mol. The first-order chi connectivity index (χ1) is 11.4. The Morgan fingerprint density at radius 3 is 2.50 bits per heavy atom. The average Bonchev–Trinajstić information content (AvgIpc) is 2.57. The van der Waals surface area contributed by atoms with E-state index in [0.29, 0.717) is 32.7 Å². The molecule has 0 atom stereocenters. The molecule has 0 aromatic heterocycles. The van der Waals surface area contributed by atoms with E-state index in [1.54, 1.807) is 0 Å². The van der Waals surface area contributed by atoms with Crippen LogP contribution in [-0.4, -0.2) is 49.6 Å². The number of hydrogen-bond acceptors (Lipinski definition) is 3. The number of nitrogens with one attached hydrogen (secondary N) is 3. The van der Waals surface area contributed by atoms with E-state index >= 15 is 0 Å². The lowest BCUT2D eigenvalue weighted by molar-refractivity contribution is 0.0730. The van der Waals surface area contributed by atoms with Gasteiger partial charge in [0.2, 0.25) is 0 Å². The minimum atomic E-state index is -1.25. The molecule has 1 heterocycles. The molecule has 3 amide bonds. The van der Waals surface area contributed by atoms with Gasteiger partial charge >= 0.3 is 6.03 Å². The fraction of sp³-hybridized carbons (Fsp3) is 0.500. The Bertz CT molecular complexity index is 616. The Morgan fingerprint density at radius 1 is 1.21 bits per heavy atom. The van der Waals surface area contributed by atoms with Gasteiger partial charge in [-0.05, 0) is 18.1 Å². The highest BCUT2D eigenvalue weighted by molar-refractivity contribution is 5.96. The molecule has 1 aromatic rings. The molecule has 2 rings (SSSR count). The highest BCUT2D eigenvalue weighted by Gasteiger charge is 2.24. The number of carbonyl (C=O) groups excluding carboxylic acids is 2. The van der Waals surface area contributed by atoms with Gasteiger partial charge in [0.25, 0.3) is 5.91 Å². The van der Waals surface area contributed by atoms with E-state index < -0.39 is 23.6 Å². The highest BCUT2D eigenvalue weighted by Crippen LogP contribution is 2.22. The fourth-order valence-corrected chi connectivity index (χ4v) is 2.31. The first-order valence-electron chi connectivity index (χ1n) is 7.93. The summed E-state index contributed by atoms with van der Waals surface area (Å²) >= 11 is 0. The topological polar surface area (TPSA) is 73.5 Å². The molecule has 0 aliphatic carbocycles. The van der Waals surface area contributed by atoms with Crippen LogP contribution < -0.4 is 16.0 Å². The molecule has 24 heavy (non-hydrogen) atoms. The van der Waals surface area contributed by atoms with E-state index in [0.717, 1.165) is 0 Å². The number of piperazine rings is 1. The molecule has 8 heteroatoms. The van der Waals surface area contributed by atoms with Gasteiger partial charge in [-0.25, -0.2) is 13.6 Å². The molecule has 1 aliphatic rings. The van der Waals surface area contributed by atoms with Gasteiger partial charge in [-0.3, -0.25) is 4.79 Å². The molecule has 1 saturated heterocycles. The van der Waals surface area contributed by atoms with Crippen LogP contribution >= 0.6 is 0 Å². The van der Waals surface area contributed by atoms with Crippen LogP contribution in [0.15, 0.2) is 12.1 Å². The number of anilines is 1. The predicted molar refractivity (Wildman–Crippen MR) is 87.0 cm³/mol. The Morgan fingerprint density at radius 2 is 1.88 bits per heavy atom. The third-order valence-electron chi connectivity index (χ3n) is 3.64. The molecule has 0 unspecified atom stereocenters. The van der Waals surface area contributed by atoms with Crippen LogP contribution in [0.5, 0.6) is 0 Å². The quantitative estimate of drug-likeness (QED) is 0.782. The summed E-state index contributed by atoms with van der Waals surface area (Å²) in [7, 11) is 0. The van der Waals surface area contributed by atoms with Crippen molar-refractivity contribution in [3.05, 3.63) is 29.3 Å². The Labute approximate surface area is 139 Å². The average molecular weight is 340 g/mol. The number of benzene rings is 1. The van der Waals surface area contributed by atoms with Gasteiger partial charge in [0, 0.05) is 32.7 Å². The van der Waals surface area contributed by atoms with Gasteiger partial charge in [-0.1, -0.05) is 13.8 Å². The van der Waals surface area contributed by atoms with Crippen molar-refractivity contribution in [1.82, 2.24) is 15.5 Å². The smallest absolute Gasteiger partial charge is 0.319 e. The van der Waals surface area contributed by atoms with Crippen molar-refractivity contribution < 1.29 is 18.4 Å². The van der Waals surface area contributed by atoms with Crippen molar-refractivity contribution >= 4 is 17.6 Å². The van der Waals surface area contributed by atoms with Crippen molar-refractivity contribution in [2.45, 2.75) is 13.8 Å². The molecule has 1 aromatic carbocycles. The molecule has 0 spiro atoms. The van der Waals surface area contributed by atoms with Gasteiger partial charge in [-0.15, -0.1) is 0 Å². The summed E-state index contributed by atoms with van der Waals surface area (Å²) in [5.41, 5.74) is -0.631. The van der Waals surface area contributed by atoms with Crippen LogP contribution in [0.2, 0.25) is 0 Å². The number of carbonyl (C=O) groups is 2. The Hall–Kier alpha value is -2.22. The summed E-state index contributed by atoms with van der Waals surface area (Å²) in [4.78, 5) is 25.4. The monoisotopic (exact) mass is 340 g/mol. The van der Waals surface area contributed by atoms with Crippen LogP contribution in [0.4, 0.5) is 19.3 Å². The largest absolute Gasteiger partial charge is 0.338 e. The molecule has 0 radical (unpaired) electrons. The van der Waals surface area contributed by atoms with E-state index in [-0.39, 0.29) is 17.2 Å². The van der Waals surface area contributed by atoms with Gasteiger partial charge in [-0.2, -0.15) is 0 Å². The second kappa shape index (κ2) is 8.05. The van der Waals surface area contributed by atoms with Gasteiger partial charge in [0.05, 0.1) is 11.3 Å². The standard InChI is InChI=1S/C16H22F2N4O2/c1-10(2)9-20-16(24)21-12-4-3-11(13(17)14(12)18)15(23)22-7-5-19-6-8-22/h3-4,10,19H,5-9H2,1-2H3,(H2,20,21,24). The molecule has 3 N–H and O–H groups in total. The van der Waals surface area contributed by atoms with Gasteiger partial charge in [0.1, 0.15) is 0 Å². The fourth-order valence-electron chi connectivity index (χ4n) is 2.31. The van der Waals surface area contributed by atoms with Crippen molar-refractivity contribution in [3.8, 4) is 0 Å². The lowest BCUT2D eigenvalue weighted by atomic mass is 10.1. The number of hydrogen-bond donors (Lipinski definition) is 3. The van der Waals surface area contributed by atoms with E-state index in [1.165, 1.54) is 17.0 Å². The summed E-state index contributed by atoms with van der Waals surface area (Å²) in [6, 6.07) is 1.77. The van der Waals surface area contributed by atoms with Gasteiger partial charge in [0.15, 0.2) is 11.6 Å². The summed E-state index contributed by atoms with van der Waals surface area (Å²) in [5.74, 6) is -2.81. The SMILES string of the molecule is CC(C)CNC(=O)Nc1ccc(C(=O)N2CCNCC2)c(F)c1F. The first-order valence-corrected chi connectivity index (χ1v) is 7.93. The van der Waals surface area contributed by atoms with Crippen LogP contribution in [-0.2, 0) is 0 Å². The molecule has 1 aliphatic heterocycles. The number of urea groups is 1. The number of halogens is 2. The third kappa shape index (κ3) is 4.41. The highest BCUT2D eigenvalue weighted by atomic mass is 19.2. The molecule has 6 nitrogen and oxygen atoms in total. The molecular formula is C16H22F2N4O2. The minimum Gasteiger partial charge on any atom is -0.338 e. The molecule has 132 valence electrons. The van der Waals surface area contributed by atoms with E-state index in [2.05, 4.69) is 16.0 Å². The minimum absolute atomic E-state index is 0.233. The molecule has 0 saturated carbocycles. The van der Waals surface area contributed by atoms with Crippen molar-refractivity contribution in [1.29, 1.82) is 0 Å². The maximum Gasteiger partial charge on any atom is 0.319 e. The lowest BCUT2D eigenvalue weighted by Gasteiger charge is -2.27. The zero-order chi connectivity index (χ0) is 17.7. The van der Waals surface area contributed by atoms with Crippen molar-refractivity contribution in [3.63, 3.8) is 0 Å². The van der Waals surface area contributed by atoms with Gasteiger partial charge < -0.3 is 20.9 Å². The zero-order valence-corrected chi connectivity index (χ0v) is 13.8.